The maximum absolute atomic E-state index is 12.8. The van der Waals surface area contributed by atoms with Gasteiger partial charge in [-0.25, -0.2) is 8.42 Å². The van der Waals surface area contributed by atoms with Crippen LogP contribution in [0, 0.1) is 0 Å². The average molecular weight is 364 g/mol. The molecule has 0 radical (unpaired) electrons. The highest BCUT2D eigenvalue weighted by Gasteiger charge is 2.38. The summed E-state index contributed by atoms with van der Waals surface area (Å²) in [4.78, 5) is 11.3. The Bertz CT molecular complexity index is 850. The van der Waals surface area contributed by atoms with Crippen LogP contribution in [-0.4, -0.2) is 54.7 Å². The van der Waals surface area contributed by atoms with Crippen molar-refractivity contribution >= 4 is 16.0 Å². The zero-order chi connectivity index (χ0) is 18.0. The fraction of sp³-hybridized carbons (Fsp3) is 0.375. The fourth-order valence-corrected chi connectivity index (χ4v) is 4.41. The van der Waals surface area contributed by atoms with Crippen LogP contribution in [0.5, 0.6) is 0 Å². The van der Waals surface area contributed by atoms with E-state index in [9.17, 15) is 13.2 Å². The highest BCUT2D eigenvalue weighted by molar-refractivity contribution is 7.89. The van der Waals surface area contributed by atoms with E-state index in [1.54, 1.807) is 0 Å². The minimum Gasteiger partial charge on any atom is -0.468 e. The van der Waals surface area contributed by atoms with Crippen LogP contribution >= 0.6 is 0 Å². The van der Waals surface area contributed by atoms with Crippen molar-refractivity contribution in [2.75, 3.05) is 20.2 Å². The van der Waals surface area contributed by atoms with Gasteiger partial charge in [-0.15, -0.1) is 0 Å². The number of esters is 1. The maximum atomic E-state index is 12.8. The summed E-state index contributed by atoms with van der Waals surface area (Å²) in [5.74, 6) is -0.555. The second-order valence-corrected chi connectivity index (χ2v) is 7.89. The molecule has 9 heteroatoms. The molecule has 2 aromatic rings. The van der Waals surface area contributed by atoms with Crippen molar-refractivity contribution < 1.29 is 17.9 Å². The number of rotatable bonds is 5. The number of carbonyl (C=O) groups excluding carboxylic acids is 1. The van der Waals surface area contributed by atoms with Gasteiger partial charge in [0.2, 0.25) is 10.0 Å². The Balaban J connectivity index is 1.78. The molecule has 2 atom stereocenters. The van der Waals surface area contributed by atoms with Crippen molar-refractivity contribution in [2.24, 2.45) is 5.73 Å². The summed E-state index contributed by atoms with van der Waals surface area (Å²) in [5.41, 5.74) is 7.20. The SMILES string of the molecule is COC(=O)Cn1cc(S(=O)(=O)N2C[C@@H](N)[C@H](c3ccccc3)C2)cn1. The van der Waals surface area contributed by atoms with Crippen LogP contribution in [0.15, 0.2) is 47.6 Å². The van der Waals surface area contributed by atoms with Crippen molar-refractivity contribution in [3.05, 3.63) is 48.3 Å². The van der Waals surface area contributed by atoms with Crippen LogP contribution in [0.3, 0.4) is 0 Å². The Kier molecular flexibility index (Phi) is 4.89. The lowest BCUT2D eigenvalue weighted by Crippen LogP contribution is -2.32. The number of benzene rings is 1. The van der Waals surface area contributed by atoms with E-state index in [-0.39, 0.29) is 29.9 Å². The zero-order valence-corrected chi connectivity index (χ0v) is 14.6. The molecular formula is C16H20N4O4S. The number of ether oxygens (including phenoxy) is 1. The summed E-state index contributed by atoms with van der Waals surface area (Å²) in [6.45, 7) is 0.415. The first-order valence-corrected chi connectivity index (χ1v) is 9.26. The first kappa shape index (κ1) is 17.6. The molecule has 2 N–H and O–H groups in total. The Labute approximate surface area is 146 Å². The van der Waals surface area contributed by atoms with Gasteiger partial charge >= 0.3 is 5.97 Å². The van der Waals surface area contributed by atoms with Gasteiger partial charge in [-0.1, -0.05) is 30.3 Å². The Morgan fingerprint density at radius 3 is 2.72 bits per heavy atom. The summed E-state index contributed by atoms with van der Waals surface area (Å²) in [7, 11) is -2.45. The number of carbonyl (C=O) groups is 1. The summed E-state index contributed by atoms with van der Waals surface area (Å²) in [6, 6.07) is 9.37. The lowest BCUT2D eigenvalue weighted by molar-refractivity contribution is -0.141. The Hall–Kier alpha value is -2.23. The van der Waals surface area contributed by atoms with E-state index in [0.717, 1.165) is 5.56 Å². The van der Waals surface area contributed by atoms with E-state index in [1.165, 1.54) is 28.5 Å². The van der Waals surface area contributed by atoms with Gasteiger partial charge in [0, 0.05) is 31.2 Å². The minimum absolute atomic E-state index is 0.0392. The molecule has 1 fully saturated rings. The molecule has 3 rings (SSSR count). The average Bonchev–Trinajstić information content (AvgIpc) is 3.23. The summed E-state index contributed by atoms with van der Waals surface area (Å²) in [6.07, 6.45) is 2.56. The molecule has 1 aromatic carbocycles. The van der Waals surface area contributed by atoms with Crippen LogP contribution in [-0.2, 0) is 26.1 Å². The van der Waals surface area contributed by atoms with E-state index in [2.05, 4.69) is 9.84 Å². The van der Waals surface area contributed by atoms with E-state index >= 15 is 0 Å². The second kappa shape index (κ2) is 6.95. The molecule has 1 saturated heterocycles. The number of nitrogens with zero attached hydrogens (tertiary/aromatic N) is 3. The maximum Gasteiger partial charge on any atom is 0.327 e. The molecule has 0 amide bonds. The fourth-order valence-electron chi connectivity index (χ4n) is 2.95. The van der Waals surface area contributed by atoms with Crippen molar-refractivity contribution in [1.82, 2.24) is 14.1 Å². The molecule has 0 bridgehead atoms. The third-order valence-corrected chi connectivity index (χ3v) is 6.11. The van der Waals surface area contributed by atoms with Gasteiger partial charge in [0.25, 0.3) is 0 Å². The molecule has 134 valence electrons. The van der Waals surface area contributed by atoms with Crippen molar-refractivity contribution in [1.29, 1.82) is 0 Å². The first-order chi connectivity index (χ1) is 11.9. The molecule has 1 aromatic heterocycles. The quantitative estimate of drug-likeness (QED) is 0.758. The summed E-state index contributed by atoms with van der Waals surface area (Å²) < 4.78 is 32.8. The normalized spacial score (nSPS) is 21.4. The number of sulfonamides is 1. The monoisotopic (exact) mass is 364 g/mol. The van der Waals surface area contributed by atoms with Gasteiger partial charge < -0.3 is 10.5 Å². The number of methoxy groups -OCH3 is 1. The largest absolute Gasteiger partial charge is 0.468 e. The van der Waals surface area contributed by atoms with Gasteiger partial charge in [0.15, 0.2) is 0 Å². The first-order valence-electron chi connectivity index (χ1n) is 7.82. The van der Waals surface area contributed by atoms with Gasteiger partial charge in [-0.3, -0.25) is 9.48 Å². The molecule has 0 aliphatic carbocycles. The second-order valence-electron chi connectivity index (χ2n) is 5.95. The van der Waals surface area contributed by atoms with Crippen LogP contribution < -0.4 is 5.73 Å². The lowest BCUT2D eigenvalue weighted by atomic mass is 9.95. The smallest absolute Gasteiger partial charge is 0.327 e. The van der Waals surface area contributed by atoms with E-state index in [1.807, 2.05) is 30.3 Å². The third-order valence-electron chi connectivity index (χ3n) is 4.33. The molecule has 1 aliphatic rings. The zero-order valence-electron chi connectivity index (χ0n) is 13.8. The molecule has 1 aliphatic heterocycles. The highest BCUT2D eigenvalue weighted by Crippen LogP contribution is 2.30. The minimum atomic E-state index is -3.72. The molecule has 25 heavy (non-hydrogen) atoms. The molecule has 2 heterocycles. The molecule has 0 unspecified atom stereocenters. The van der Waals surface area contributed by atoms with E-state index < -0.39 is 16.0 Å². The topological polar surface area (TPSA) is 108 Å². The summed E-state index contributed by atoms with van der Waals surface area (Å²) in [5, 5.41) is 3.92. The molecule has 0 saturated carbocycles. The lowest BCUT2D eigenvalue weighted by Gasteiger charge is -2.15. The highest BCUT2D eigenvalue weighted by atomic mass is 32.2. The standard InChI is InChI=1S/C16H20N4O4S/c1-24-16(21)11-19-8-13(7-18-19)25(22,23)20-9-14(15(17)10-20)12-5-3-2-4-6-12/h2-8,14-15H,9-11,17H2,1H3/t14-,15+/m0/s1. The van der Waals surface area contributed by atoms with Crippen LogP contribution in [0.2, 0.25) is 0 Å². The van der Waals surface area contributed by atoms with Gasteiger partial charge in [-0.2, -0.15) is 9.40 Å². The van der Waals surface area contributed by atoms with Crippen LogP contribution in [0.25, 0.3) is 0 Å². The molecular weight excluding hydrogens is 344 g/mol. The van der Waals surface area contributed by atoms with Crippen LogP contribution in [0.1, 0.15) is 11.5 Å². The third kappa shape index (κ3) is 3.58. The summed E-state index contributed by atoms with van der Waals surface area (Å²) >= 11 is 0. The number of hydrogen-bond donors (Lipinski definition) is 1. The number of hydrogen-bond acceptors (Lipinski definition) is 6. The van der Waals surface area contributed by atoms with Gasteiger partial charge in [0.1, 0.15) is 11.4 Å². The van der Waals surface area contributed by atoms with Crippen molar-refractivity contribution in [2.45, 2.75) is 23.4 Å². The van der Waals surface area contributed by atoms with Crippen molar-refractivity contribution in [3.8, 4) is 0 Å². The molecule has 0 spiro atoms. The predicted molar refractivity (Wildman–Crippen MR) is 90.2 cm³/mol. The van der Waals surface area contributed by atoms with Gasteiger partial charge in [0.05, 0.1) is 13.3 Å². The number of nitrogens with two attached hydrogens (primary N) is 1. The Morgan fingerprint density at radius 2 is 2.04 bits per heavy atom. The predicted octanol–water partition coefficient (Wildman–Crippen LogP) is 0.172. The van der Waals surface area contributed by atoms with Crippen LogP contribution in [0.4, 0.5) is 0 Å². The van der Waals surface area contributed by atoms with E-state index in [4.69, 9.17) is 5.73 Å². The molecule has 8 nitrogen and oxygen atoms in total. The Morgan fingerprint density at radius 1 is 1.32 bits per heavy atom. The van der Waals surface area contributed by atoms with E-state index in [0.29, 0.717) is 6.54 Å². The van der Waals surface area contributed by atoms with Gasteiger partial charge in [-0.05, 0) is 5.56 Å². The van der Waals surface area contributed by atoms with Crippen molar-refractivity contribution in [3.63, 3.8) is 0 Å². The number of aromatic nitrogens is 2.